The van der Waals surface area contributed by atoms with Crippen LogP contribution in [0.3, 0.4) is 0 Å². The lowest BCUT2D eigenvalue weighted by molar-refractivity contribution is -0.131. The van der Waals surface area contributed by atoms with E-state index >= 15 is 0 Å². The first-order chi connectivity index (χ1) is 13.0. The van der Waals surface area contributed by atoms with Gasteiger partial charge in [-0.1, -0.05) is 25.5 Å². The summed E-state index contributed by atoms with van der Waals surface area (Å²) < 4.78 is 11.4. The minimum absolute atomic E-state index is 0.377. The van der Waals surface area contributed by atoms with E-state index in [4.69, 9.17) is 15.2 Å². The molecule has 5 nitrogen and oxygen atoms in total. The third-order valence-corrected chi connectivity index (χ3v) is 6.13. The van der Waals surface area contributed by atoms with E-state index in [-0.39, 0.29) is 5.60 Å². The number of hydrogen-bond acceptors (Lipinski definition) is 4. The molecule has 3 atom stereocenters. The van der Waals surface area contributed by atoms with Crippen LogP contribution in [0.4, 0.5) is 0 Å². The maximum Gasteiger partial charge on any atom is 0.248 e. The highest BCUT2D eigenvalue weighted by Gasteiger charge is 2.47. The number of hydrogen-bond donors (Lipinski definition) is 1. The average Bonchev–Trinajstić information content (AvgIpc) is 2.66. The Labute approximate surface area is 164 Å². The summed E-state index contributed by atoms with van der Waals surface area (Å²) in [6.07, 6.45) is 5.68. The molecule has 1 amide bonds. The molecule has 1 aromatic carbocycles. The molecule has 5 heteroatoms. The van der Waals surface area contributed by atoms with E-state index < -0.39 is 5.91 Å². The van der Waals surface area contributed by atoms with Gasteiger partial charge in [0.15, 0.2) is 0 Å². The van der Waals surface area contributed by atoms with Gasteiger partial charge in [0.1, 0.15) is 0 Å². The Hall–Kier alpha value is -1.43. The Kier molecular flexibility index (Phi) is 8.27. The summed E-state index contributed by atoms with van der Waals surface area (Å²) in [4.78, 5) is 14.1. The fourth-order valence-electron chi connectivity index (χ4n) is 4.75. The molecule has 27 heavy (non-hydrogen) atoms. The average molecular weight is 377 g/mol. The van der Waals surface area contributed by atoms with Crippen molar-refractivity contribution < 1.29 is 14.3 Å². The number of nitrogens with two attached hydrogens (primary N) is 1. The molecule has 1 fully saturated rings. The number of amides is 1. The quantitative estimate of drug-likeness (QED) is 0.636. The molecule has 1 aliphatic carbocycles. The van der Waals surface area contributed by atoms with Crippen molar-refractivity contribution in [1.29, 1.82) is 0 Å². The van der Waals surface area contributed by atoms with Crippen LogP contribution in [0.15, 0.2) is 24.3 Å². The highest BCUT2D eigenvalue weighted by molar-refractivity contribution is 5.92. The Morgan fingerprint density at radius 1 is 1.30 bits per heavy atom. The lowest BCUT2D eigenvalue weighted by atomic mass is 9.65. The summed E-state index contributed by atoms with van der Waals surface area (Å²) in [5.74, 6) is 0.367. The summed E-state index contributed by atoms with van der Waals surface area (Å²) in [6.45, 7) is 5.11. The Balaban J connectivity index is 2.23. The second kappa shape index (κ2) is 10.2. The number of rotatable bonds is 10. The predicted molar refractivity (Wildman–Crippen MR) is 109 cm³/mol. The summed E-state index contributed by atoms with van der Waals surface area (Å²) in [5, 5.41) is 0. The van der Waals surface area contributed by atoms with Gasteiger partial charge in [-0.15, -0.1) is 0 Å². The zero-order chi connectivity index (χ0) is 19.9. The highest BCUT2D eigenvalue weighted by Crippen LogP contribution is 2.48. The molecule has 0 bridgehead atoms. The van der Waals surface area contributed by atoms with E-state index in [1.807, 2.05) is 19.2 Å². The highest BCUT2D eigenvalue weighted by atomic mass is 16.5. The van der Waals surface area contributed by atoms with E-state index in [1.165, 1.54) is 6.42 Å². The first-order valence-corrected chi connectivity index (χ1v) is 10.1. The number of benzene rings is 1. The largest absolute Gasteiger partial charge is 0.385 e. The van der Waals surface area contributed by atoms with Crippen LogP contribution in [-0.4, -0.2) is 51.8 Å². The van der Waals surface area contributed by atoms with Crippen molar-refractivity contribution in [3.05, 3.63) is 35.4 Å². The second-order valence-corrected chi connectivity index (χ2v) is 7.93. The van der Waals surface area contributed by atoms with Gasteiger partial charge in [0.05, 0.1) is 5.60 Å². The topological polar surface area (TPSA) is 64.8 Å². The molecule has 3 unspecified atom stereocenters. The molecule has 1 saturated carbocycles. The summed E-state index contributed by atoms with van der Waals surface area (Å²) in [7, 11) is 5.75. The Morgan fingerprint density at radius 3 is 2.74 bits per heavy atom. The van der Waals surface area contributed by atoms with Crippen LogP contribution in [0.5, 0.6) is 0 Å². The van der Waals surface area contributed by atoms with Crippen molar-refractivity contribution in [2.75, 3.05) is 41.0 Å². The maximum absolute atomic E-state index is 11.7. The summed E-state index contributed by atoms with van der Waals surface area (Å²) >= 11 is 0. The minimum atomic E-state index is -0.390. The van der Waals surface area contributed by atoms with Crippen LogP contribution in [0, 0.1) is 11.8 Å². The van der Waals surface area contributed by atoms with Gasteiger partial charge in [-0.25, -0.2) is 0 Å². The molecule has 2 rings (SSSR count). The van der Waals surface area contributed by atoms with Crippen LogP contribution in [0.2, 0.25) is 0 Å². The van der Waals surface area contributed by atoms with Crippen LogP contribution >= 0.6 is 0 Å². The number of primary amides is 1. The van der Waals surface area contributed by atoms with Crippen molar-refractivity contribution in [1.82, 2.24) is 4.90 Å². The van der Waals surface area contributed by atoms with Crippen molar-refractivity contribution in [2.45, 2.75) is 44.6 Å². The Bertz CT molecular complexity index is 607. The Morgan fingerprint density at radius 2 is 2.07 bits per heavy atom. The van der Waals surface area contributed by atoms with Gasteiger partial charge in [0.25, 0.3) is 0 Å². The molecule has 0 radical (unpaired) electrons. The number of carbonyl (C=O) groups excluding carboxylic acids is 1. The predicted octanol–water partition coefficient (Wildman–Crippen LogP) is 3.42. The van der Waals surface area contributed by atoms with E-state index in [2.05, 4.69) is 24.9 Å². The van der Waals surface area contributed by atoms with Crippen molar-refractivity contribution in [3.8, 4) is 0 Å². The second-order valence-electron chi connectivity index (χ2n) is 7.93. The molecule has 1 aromatic rings. The SMILES string of the molecule is COCCCCN(C)CC1CCCC(C)C1(OC)c1cccc(C(N)=O)c1. The normalized spacial score (nSPS) is 25.7. The van der Waals surface area contributed by atoms with E-state index in [9.17, 15) is 4.79 Å². The van der Waals surface area contributed by atoms with Gasteiger partial charge in [-0.2, -0.15) is 0 Å². The smallest absolute Gasteiger partial charge is 0.248 e. The van der Waals surface area contributed by atoms with Gasteiger partial charge in [-0.05, 0) is 62.9 Å². The van der Waals surface area contributed by atoms with Crippen LogP contribution in [0.25, 0.3) is 0 Å². The van der Waals surface area contributed by atoms with Crippen LogP contribution in [-0.2, 0) is 15.1 Å². The monoisotopic (exact) mass is 376 g/mol. The lowest BCUT2D eigenvalue weighted by Crippen LogP contribution is -2.50. The molecule has 152 valence electrons. The molecule has 0 saturated heterocycles. The van der Waals surface area contributed by atoms with Crippen molar-refractivity contribution >= 4 is 5.91 Å². The minimum Gasteiger partial charge on any atom is -0.385 e. The first kappa shape index (κ1) is 21.9. The molecular formula is C22H36N2O3. The summed E-state index contributed by atoms with van der Waals surface area (Å²) in [6, 6.07) is 7.71. The van der Waals surface area contributed by atoms with Gasteiger partial charge < -0.3 is 20.1 Å². The fourth-order valence-corrected chi connectivity index (χ4v) is 4.75. The zero-order valence-electron chi connectivity index (χ0n) is 17.4. The molecule has 1 aliphatic rings. The van der Waals surface area contributed by atoms with E-state index in [1.54, 1.807) is 13.2 Å². The molecule has 0 heterocycles. The third-order valence-electron chi connectivity index (χ3n) is 6.13. The molecule has 0 aromatic heterocycles. The molecule has 0 spiro atoms. The molecule has 2 N–H and O–H groups in total. The molecular weight excluding hydrogens is 340 g/mol. The maximum atomic E-state index is 11.7. The summed E-state index contributed by atoms with van der Waals surface area (Å²) in [5.41, 5.74) is 6.77. The van der Waals surface area contributed by atoms with Crippen LogP contribution < -0.4 is 5.73 Å². The number of nitrogens with zero attached hydrogens (tertiary/aromatic N) is 1. The number of unbranched alkanes of at least 4 members (excludes halogenated alkanes) is 1. The number of carbonyl (C=O) groups is 1. The first-order valence-electron chi connectivity index (χ1n) is 10.1. The number of methoxy groups -OCH3 is 2. The van der Waals surface area contributed by atoms with E-state index in [0.29, 0.717) is 17.4 Å². The molecule has 0 aliphatic heterocycles. The van der Waals surface area contributed by atoms with Crippen LogP contribution in [0.1, 0.15) is 54.9 Å². The lowest BCUT2D eigenvalue weighted by Gasteiger charge is -2.49. The third kappa shape index (κ3) is 5.09. The number of ether oxygens (including phenoxy) is 2. The fraction of sp³-hybridized carbons (Fsp3) is 0.682. The van der Waals surface area contributed by atoms with Gasteiger partial charge in [0, 0.05) is 38.9 Å². The van der Waals surface area contributed by atoms with Gasteiger partial charge >= 0.3 is 0 Å². The van der Waals surface area contributed by atoms with Gasteiger partial charge in [-0.3, -0.25) is 4.79 Å². The van der Waals surface area contributed by atoms with Gasteiger partial charge in [0.2, 0.25) is 5.91 Å². The standard InChI is InChI=1S/C22H36N2O3/c1-17-9-7-12-20(16-24(2)13-5-6-14-26-3)22(17,27-4)19-11-8-10-18(15-19)21(23)25/h8,10-11,15,17,20H,5-7,9,12-14,16H2,1-4H3,(H2,23,25). The zero-order valence-corrected chi connectivity index (χ0v) is 17.4. The van der Waals surface area contributed by atoms with E-state index in [0.717, 1.165) is 50.9 Å². The van der Waals surface area contributed by atoms with Crippen molar-refractivity contribution in [2.24, 2.45) is 17.6 Å². The van der Waals surface area contributed by atoms with Crippen molar-refractivity contribution in [3.63, 3.8) is 0 Å².